The summed E-state index contributed by atoms with van der Waals surface area (Å²) < 4.78 is 53.6. The van der Waals surface area contributed by atoms with Crippen molar-refractivity contribution in [2.45, 2.75) is 31.7 Å². The van der Waals surface area contributed by atoms with Gasteiger partial charge in [-0.3, -0.25) is 9.36 Å². The number of methoxy groups -OCH3 is 1. The third-order valence-corrected chi connectivity index (χ3v) is 5.47. The number of carboxylic acid groups (broad SMARTS) is 1. The summed E-state index contributed by atoms with van der Waals surface area (Å²) >= 11 is 6.20. The molecular formula is C21H17ClF3N3O4. The van der Waals surface area contributed by atoms with Crippen molar-refractivity contribution in [2.24, 2.45) is 0 Å². The van der Waals surface area contributed by atoms with Crippen LogP contribution >= 0.6 is 11.6 Å². The summed E-state index contributed by atoms with van der Waals surface area (Å²) in [6.07, 6.45) is -7.69. The Kier molecular flexibility index (Phi) is 5.59. The monoisotopic (exact) mass is 467 g/mol. The number of rotatable bonds is 4. The van der Waals surface area contributed by atoms with Crippen LogP contribution in [0.2, 0.25) is 5.02 Å². The first-order valence-electron chi connectivity index (χ1n) is 9.45. The Morgan fingerprint density at radius 1 is 1.25 bits per heavy atom. The molecule has 1 aliphatic heterocycles. The summed E-state index contributed by atoms with van der Waals surface area (Å²) in [7, 11) is 1.50. The first-order valence-corrected chi connectivity index (χ1v) is 9.82. The molecule has 1 aromatic heterocycles. The van der Waals surface area contributed by atoms with Crippen molar-refractivity contribution >= 4 is 17.6 Å². The van der Waals surface area contributed by atoms with Gasteiger partial charge in [0, 0.05) is 10.6 Å². The Morgan fingerprint density at radius 2 is 2.00 bits per heavy atom. The average Bonchev–Trinajstić information content (AvgIpc) is 3.12. The minimum Gasteiger partial charge on any atom is -0.496 e. The maximum absolute atomic E-state index is 13.8. The van der Waals surface area contributed by atoms with Crippen LogP contribution in [0.5, 0.6) is 5.75 Å². The van der Waals surface area contributed by atoms with Gasteiger partial charge in [0.05, 0.1) is 19.2 Å². The number of aromatic nitrogens is 3. The van der Waals surface area contributed by atoms with Gasteiger partial charge >= 0.3 is 12.1 Å². The number of ether oxygens (including phenoxy) is 2. The number of hydrogen-bond donors (Lipinski definition) is 1. The van der Waals surface area contributed by atoms with Gasteiger partial charge in [0.1, 0.15) is 18.0 Å². The molecule has 0 aliphatic carbocycles. The number of nitrogens with zero attached hydrogens (tertiary/aromatic N) is 3. The van der Waals surface area contributed by atoms with E-state index in [-0.39, 0.29) is 16.5 Å². The molecule has 1 aliphatic rings. The topological polar surface area (TPSA) is 86.5 Å². The number of hydrogen-bond acceptors (Lipinski definition) is 5. The molecule has 7 nitrogen and oxygen atoms in total. The third-order valence-electron chi connectivity index (χ3n) is 5.23. The Hall–Kier alpha value is -3.11. The summed E-state index contributed by atoms with van der Waals surface area (Å²) in [5.41, 5.74) is 1.69. The zero-order valence-electron chi connectivity index (χ0n) is 16.9. The zero-order valence-corrected chi connectivity index (χ0v) is 17.6. The second-order valence-electron chi connectivity index (χ2n) is 7.20. The largest absolute Gasteiger partial charge is 0.496 e. The first-order chi connectivity index (χ1) is 15.1. The van der Waals surface area contributed by atoms with Crippen LogP contribution in [0, 0.1) is 6.92 Å². The van der Waals surface area contributed by atoms with Crippen LogP contribution in [0.1, 0.15) is 47.0 Å². The third kappa shape index (κ3) is 3.80. The molecule has 32 heavy (non-hydrogen) atoms. The molecule has 2 aromatic carbocycles. The van der Waals surface area contributed by atoms with Gasteiger partial charge in [-0.1, -0.05) is 23.7 Å². The molecule has 2 unspecified atom stereocenters. The van der Waals surface area contributed by atoms with E-state index in [0.29, 0.717) is 22.4 Å². The SMILES string of the molecule is COc1cccc(C2OC(CC(=O)O)c3nnc(C(F)(F)F)n3-c3ccc(Cl)cc32)c1C. The highest BCUT2D eigenvalue weighted by Gasteiger charge is 2.43. The number of halogens is 4. The molecule has 0 bridgehead atoms. The fourth-order valence-electron chi connectivity index (χ4n) is 3.84. The van der Waals surface area contributed by atoms with E-state index in [1.165, 1.54) is 25.3 Å². The van der Waals surface area contributed by atoms with Gasteiger partial charge in [0.25, 0.3) is 0 Å². The van der Waals surface area contributed by atoms with Crippen molar-refractivity contribution < 1.29 is 32.5 Å². The molecule has 0 amide bonds. The quantitative estimate of drug-likeness (QED) is 0.588. The van der Waals surface area contributed by atoms with Gasteiger partial charge in [0.15, 0.2) is 5.82 Å². The van der Waals surface area contributed by atoms with E-state index >= 15 is 0 Å². The fraction of sp³-hybridized carbons (Fsp3) is 0.286. The zero-order chi connectivity index (χ0) is 23.2. The van der Waals surface area contributed by atoms with Crippen molar-refractivity contribution in [2.75, 3.05) is 7.11 Å². The predicted octanol–water partition coefficient (Wildman–Crippen LogP) is 4.89. The van der Waals surface area contributed by atoms with Gasteiger partial charge in [-0.2, -0.15) is 13.2 Å². The highest BCUT2D eigenvalue weighted by Crippen LogP contribution is 2.45. The number of benzene rings is 2. The van der Waals surface area contributed by atoms with Crippen molar-refractivity contribution in [3.63, 3.8) is 0 Å². The van der Waals surface area contributed by atoms with E-state index in [1.807, 2.05) is 0 Å². The summed E-state index contributed by atoms with van der Waals surface area (Å²) in [5.74, 6) is -2.25. The molecule has 0 fully saturated rings. The highest BCUT2D eigenvalue weighted by molar-refractivity contribution is 6.30. The number of fused-ring (bicyclic) bond motifs is 3. The Labute approximate surface area is 185 Å². The maximum atomic E-state index is 13.8. The minimum atomic E-state index is -4.83. The minimum absolute atomic E-state index is 0.0989. The summed E-state index contributed by atoms with van der Waals surface area (Å²) in [5, 5.41) is 16.6. The molecule has 1 N–H and O–H groups in total. The normalized spacial score (nSPS) is 17.9. The first kappa shape index (κ1) is 22.1. The standard InChI is InChI=1S/C21H17ClF3N3O4/c1-10-12(4-3-5-15(10)31-2)18-13-8-11(22)6-7-14(13)28-19(16(32-18)9-17(29)30)26-27-20(28)21(23,24)25/h3-8,16,18H,9H2,1-2H3,(H,29,30). The van der Waals surface area contributed by atoms with Gasteiger partial charge in [-0.15, -0.1) is 10.2 Å². The molecule has 3 aromatic rings. The van der Waals surface area contributed by atoms with E-state index in [9.17, 15) is 23.1 Å². The van der Waals surface area contributed by atoms with Gasteiger partial charge < -0.3 is 14.6 Å². The molecule has 0 radical (unpaired) electrons. The van der Waals surface area contributed by atoms with Crippen molar-refractivity contribution in [3.8, 4) is 11.4 Å². The Morgan fingerprint density at radius 3 is 2.66 bits per heavy atom. The molecule has 2 heterocycles. The lowest BCUT2D eigenvalue weighted by atomic mass is 9.95. The number of aliphatic carboxylic acids is 1. The molecule has 11 heteroatoms. The van der Waals surface area contributed by atoms with Crippen LogP contribution in [0.25, 0.3) is 5.69 Å². The van der Waals surface area contributed by atoms with Crippen LogP contribution in [-0.2, 0) is 15.7 Å². The van der Waals surface area contributed by atoms with E-state index in [2.05, 4.69) is 10.2 Å². The van der Waals surface area contributed by atoms with Crippen molar-refractivity contribution in [1.82, 2.24) is 14.8 Å². The molecule has 4 rings (SSSR count). The number of carboxylic acids is 1. The van der Waals surface area contributed by atoms with E-state index < -0.39 is 36.6 Å². The van der Waals surface area contributed by atoms with Crippen LogP contribution in [0.4, 0.5) is 13.2 Å². The van der Waals surface area contributed by atoms with Crippen molar-refractivity contribution in [1.29, 1.82) is 0 Å². The number of carbonyl (C=O) groups is 1. The molecule has 2 atom stereocenters. The molecule has 0 saturated carbocycles. The van der Waals surface area contributed by atoms with Crippen molar-refractivity contribution in [3.05, 3.63) is 69.8 Å². The lowest BCUT2D eigenvalue weighted by Gasteiger charge is -2.24. The van der Waals surface area contributed by atoms with E-state index in [0.717, 1.165) is 4.57 Å². The number of alkyl halides is 3. The van der Waals surface area contributed by atoms with Crippen LogP contribution in [0.3, 0.4) is 0 Å². The molecule has 0 spiro atoms. The van der Waals surface area contributed by atoms with Gasteiger partial charge in [0.2, 0.25) is 5.82 Å². The molecule has 0 saturated heterocycles. The smallest absolute Gasteiger partial charge is 0.452 e. The summed E-state index contributed by atoms with van der Waals surface area (Å²) in [6, 6.07) is 9.54. The predicted molar refractivity (Wildman–Crippen MR) is 107 cm³/mol. The Balaban J connectivity index is 2.03. The second-order valence-corrected chi connectivity index (χ2v) is 7.63. The Bertz CT molecular complexity index is 1200. The van der Waals surface area contributed by atoms with E-state index in [4.69, 9.17) is 21.1 Å². The fourth-order valence-corrected chi connectivity index (χ4v) is 4.02. The van der Waals surface area contributed by atoms with Crippen LogP contribution in [-0.4, -0.2) is 33.0 Å². The highest BCUT2D eigenvalue weighted by atomic mass is 35.5. The van der Waals surface area contributed by atoms with E-state index in [1.54, 1.807) is 25.1 Å². The lowest BCUT2D eigenvalue weighted by molar-refractivity contribution is -0.146. The second kappa shape index (κ2) is 8.10. The maximum Gasteiger partial charge on any atom is 0.452 e. The summed E-state index contributed by atoms with van der Waals surface area (Å²) in [4.78, 5) is 11.5. The van der Waals surface area contributed by atoms with Crippen LogP contribution < -0.4 is 4.74 Å². The average molecular weight is 468 g/mol. The van der Waals surface area contributed by atoms with Crippen LogP contribution in [0.15, 0.2) is 36.4 Å². The van der Waals surface area contributed by atoms with Gasteiger partial charge in [-0.05, 0) is 42.3 Å². The summed E-state index contributed by atoms with van der Waals surface area (Å²) in [6.45, 7) is 1.78. The van der Waals surface area contributed by atoms with Gasteiger partial charge in [-0.25, -0.2) is 0 Å². The molecular weight excluding hydrogens is 451 g/mol. The molecule has 168 valence electrons. The lowest BCUT2D eigenvalue weighted by Crippen LogP contribution is -2.17.